The summed E-state index contributed by atoms with van der Waals surface area (Å²) in [5.41, 5.74) is 6.45. The molecule has 4 heteroatoms. The molecule has 1 unspecified atom stereocenters. The molecular formula is C25H28N2O2. The molecule has 1 N–H and O–H groups in total. The number of rotatable bonds is 4. The number of fused-ring (bicyclic) bond motifs is 2. The first-order valence-electron chi connectivity index (χ1n) is 10.8. The fourth-order valence-electron chi connectivity index (χ4n) is 5.04. The lowest BCUT2D eigenvalue weighted by Crippen LogP contribution is -2.37. The number of carbonyl (C=O) groups is 1. The third kappa shape index (κ3) is 3.58. The van der Waals surface area contributed by atoms with Gasteiger partial charge in [0, 0.05) is 22.6 Å². The fourth-order valence-corrected chi connectivity index (χ4v) is 5.04. The molecular weight excluding hydrogens is 360 g/mol. The van der Waals surface area contributed by atoms with Crippen molar-refractivity contribution in [2.24, 2.45) is 0 Å². The van der Waals surface area contributed by atoms with Crippen LogP contribution in [-0.2, 0) is 24.2 Å². The van der Waals surface area contributed by atoms with E-state index >= 15 is 0 Å². The summed E-state index contributed by atoms with van der Waals surface area (Å²) in [6, 6.07) is 15.0. The van der Waals surface area contributed by atoms with Gasteiger partial charge < -0.3 is 14.6 Å². The first-order valence-corrected chi connectivity index (χ1v) is 10.8. The van der Waals surface area contributed by atoms with Crippen LogP contribution in [0.2, 0.25) is 0 Å². The van der Waals surface area contributed by atoms with Crippen molar-refractivity contribution in [1.82, 2.24) is 9.88 Å². The quantitative estimate of drug-likeness (QED) is 0.654. The van der Waals surface area contributed by atoms with E-state index in [0.29, 0.717) is 18.2 Å². The van der Waals surface area contributed by atoms with Gasteiger partial charge in [-0.1, -0.05) is 30.3 Å². The van der Waals surface area contributed by atoms with Crippen molar-refractivity contribution in [2.75, 3.05) is 13.1 Å². The Kier molecular flexibility index (Phi) is 4.88. The van der Waals surface area contributed by atoms with Gasteiger partial charge in [-0.3, -0.25) is 0 Å². The van der Waals surface area contributed by atoms with Crippen molar-refractivity contribution in [3.05, 3.63) is 70.4 Å². The molecule has 1 atom stereocenters. The summed E-state index contributed by atoms with van der Waals surface area (Å²) >= 11 is 0. The highest BCUT2D eigenvalue weighted by atomic mass is 16.5. The molecule has 2 heterocycles. The maximum absolute atomic E-state index is 12.9. The predicted molar refractivity (Wildman–Crippen MR) is 115 cm³/mol. The van der Waals surface area contributed by atoms with Gasteiger partial charge in [-0.15, -0.1) is 0 Å². The van der Waals surface area contributed by atoms with Crippen LogP contribution >= 0.6 is 0 Å². The van der Waals surface area contributed by atoms with Crippen molar-refractivity contribution in [1.29, 1.82) is 0 Å². The monoisotopic (exact) mass is 388 g/mol. The number of aromatic nitrogens is 1. The fraction of sp³-hybridized carbons (Fsp3) is 0.400. The van der Waals surface area contributed by atoms with Gasteiger partial charge >= 0.3 is 5.97 Å². The Hall–Kier alpha value is -2.59. The summed E-state index contributed by atoms with van der Waals surface area (Å²) in [5.74, 6) is -0.246. The predicted octanol–water partition coefficient (Wildman–Crippen LogP) is 4.79. The second-order valence-corrected chi connectivity index (χ2v) is 8.49. The molecule has 3 aromatic rings. The summed E-state index contributed by atoms with van der Waals surface area (Å²) in [6.07, 6.45) is 6.12. The van der Waals surface area contributed by atoms with E-state index in [1.54, 1.807) is 0 Å². The maximum Gasteiger partial charge on any atom is 0.340 e. The SMILES string of the molecule is Cc1[nH]c2cc3c(cc2c1C(=O)OCc1ccccc1)CC(N1CCCC1)CC3. The van der Waals surface area contributed by atoms with Gasteiger partial charge in [0.2, 0.25) is 0 Å². The number of nitrogens with one attached hydrogen (secondary N) is 1. The molecule has 1 aliphatic heterocycles. The van der Waals surface area contributed by atoms with E-state index in [-0.39, 0.29) is 5.97 Å². The second kappa shape index (κ2) is 7.68. The average Bonchev–Trinajstić information content (AvgIpc) is 3.38. The number of nitrogens with zero attached hydrogens (tertiary/aromatic N) is 1. The molecule has 1 fully saturated rings. The second-order valence-electron chi connectivity index (χ2n) is 8.49. The van der Waals surface area contributed by atoms with Crippen LogP contribution in [0.5, 0.6) is 0 Å². The van der Waals surface area contributed by atoms with E-state index in [0.717, 1.165) is 35.0 Å². The minimum atomic E-state index is -0.246. The highest BCUT2D eigenvalue weighted by molar-refractivity contribution is 6.06. The van der Waals surface area contributed by atoms with Gasteiger partial charge in [0.05, 0.1) is 5.56 Å². The van der Waals surface area contributed by atoms with Crippen LogP contribution < -0.4 is 0 Å². The normalized spacial score (nSPS) is 19.4. The molecule has 4 nitrogen and oxygen atoms in total. The van der Waals surface area contributed by atoms with Gasteiger partial charge in [0.25, 0.3) is 0 Å². The lowest BCUT2D eigenvalue weighted by Gasteiger charge is -2.32. The number of hydrogen-bond acceptors (Lipinski definition) is 3. The molecule has 2 aliphatic rings. The molecule has 0 bridgehead atoms. The Morgan fingerprint density at radius 2 is 1.93 bits per heavy atom. The molecule has 29 heavy (non-hydrogen) atoms. The molecule has 0 radical (unpaired) electrons. The van der Waals surface area contributed by atoms with E-state index in [1.165, 1.54) is 43.5 Å². The van der Waals surface area contributed by atoms with Crippen LogP contribution in [0.3, 0.4) is 0 Å². The summed E-state index contributed by atoms with van der Waals surface area (Å²) < 4.78 is 5.64. The molecule has 2 aromatic carbocycles. The standard InChI is InChI=1S/C25H28N2O2/c1-17-24(25(28)29-16-18-7-3-2-4-8-18)22-14-20-13-21(27-11-5-6-12-27)10-9-19(20)15-23(22)26-17/h2-4,7-8,14-15,21,26H,5-6,9-13,16H2,1H3. The van der Waals surface area contributed by atoms with Crippen molar-refractivity contribution < 1.29 is 9.53 Å². The van der Waals surface area contributed by atoms with Crippen LogP contribution in [0, 0.1) is 6.92 Å². The van der Waals surface area contributed by atoms with E-state index < -0.39 is 0 Å². The molecule has 150 valence electrons. The molecule has 5 rings (SSSR count). The summed E-state index contributed by atoms with van der Waals surface area (Å²) in [4.78, 5) is 19.0. The van der Waals surface area contributed by atoms with Crippen LogP contribution in [0.4, 0.5) is 0 Å². The zero-order valence-electron chi connectivity index (χ0n) is 17.0. The third-order valence-electron chi connectivity index (χ3n) is 6.58. The number of aryl methyl sites for hydroxylation is 2. The number of aromatic amines is 1. The Labute approximate surface area is 171 Å². The van der Waals surface area contributed by atoms with Crippen molar-refractivity contribution in [3.63, 3.8) is 0 Å². The van der Waals surface area contributed by atoms with Crippen LogP contribution in [0.25, 0.3) is 10.9 Å². The topological polar surface area (TPSA) is 45.3 Å². The first-order chi connectivity index (χ1) is 14.2. The van der Waals surface area contributed by atoms with E-state index in [1.807, 2.05) is 37.3 Å². The zero-order valence-corrected chi connectivity index (χ0v) is 17.0. The Bertz CT molecular complexity index is 1030. The minimum Gasteiger partial charge on any atom is -0.457 e. The largest absolute Gasteiger partial charge is 0.457 e. The van der Waals surface area contributed by atoms with Crippen molar-refractivity contribution >= 4 is 16.9 Å². The number of benzene rings is 2. The maximum atomic E-state index is 12.9. The van der Waals surface area contributed by atoms with Crippen molar-refractivity contribution in [2.45, 2.75) is 51.7 Å². The molecule has 1 aliphatic carbocycles. The highest BCUT2D eigenvalue weighted by Gasteiger charge is 2.27. The molecule has 1 aromatic heterocycles. The third-order valence-corrected chi connectivity index (χ3v) is 6.58. The number of carbonyl (C=O) groups excluding carboxylic acids is 1. The summed E-state index contributed by atoms with van der Waals surface area (Å²) in [5, 5.41) is 1.00. The minimum absolute atomic E-state index is 0.246. The van der Waals surface area contributed by atoms with Crippen molar-refractivity contribution in [3.8, 4) is 0 Å². The Balaban J connectivity index is 1.41. The van der Waals surface area contributed by atoms with Gasteiger partial charge in [-0.2, -0.15) is 0 Å². The van der Waals surface area contributed by atoms with Gasteiger partial charge in [-0.05, 0) is 80.9 Å². The lowest BCUT2D eigenvalue weighted by molar-refractivity contribution is 0.0474. The van der Waals surface area contributed by atoms with E-state index in [2.05, 4.69) is 22.0 Å². The Morgan fingerprint density at radius 1 is 1.14 bits per heavy atom. The highest BCUT2D eigenvalue weighted by Crippen LogP contribution is 2.32. The lowest BCUT2D eigenvalue weighted by atomic mass is 9.86. The summed E-state index contributed by atoms with van der Waals surface area (Å²) in [6.45, 7) is 4.74. The number of H-pyrrole nitrogens is 1. The molecule has 1 saturated heterocycles. The number of hydrogen-bond donors (Lipinski definition) is 1. The number of esters is 1. The first kappa shape index (κ1) is 18.4. The van der Waals surface area contributed by atoms with Gasteiger partial charge in [0.15, 0.2) is 0 Å². The van der Waals surface area contributed by atoms with E-state index in [9.17, 15) is 4.79 Å². The van der Waals surface area contributed by atoms with Crippen LogP contribution in [0.1, 0.15) is 52.0 Å². The zero-order chi connectivity index (χ0) is 19.8. The number of likely N-dealkylation sites (tertiary alicyclic amines) is 1. The molecule has 0 spiro atoms. The van der Waals surface area contributed by atoms with E-state index in [4.69, 9.17) is 4.74 Å². The van der Waals surface area contributed by atoms with Gasteiger partial charge in [0.1, 0.15) is 6.61 Å². The smallest absolute Gasteiger partial charge is 0.340 e. The molecule has 0 saturated carbocycles. The van der Waals surface area contributed by atoms with Gasteiger partial charge in [-0.25, -0.2) is 4.79 Å². The van der Waals surface area contributed by atoms with Crippen LogP contribution in [0.15, 0.2) is 42.5 Å². The average molecular weight is 389 g/mol. The van der Waals surface area contributed by atoms with Crippen LogP contribution in [-0.4, -0.2) is 35.0 Å². The Morgan fingerprint density at radius 3 is 2.72 bits per heavy atom. The molecule has 0 amide bonds. The summed E-state index contributed by atoms with van der Waals surface area (Å²) in [7, 11) is 0. The number of ether oxygens (including phenoxy) is 1.